The highest BCUT2D eigenvalue weighted by Gasteiger charge is 2.63. The van der Waals surface area contributed by atoms with E-state index in [1.54, 1.807) is 13.4 Å². The van der Waals surface area contributed by atoms with Crippen LogP contribution in [-0.2, 0) is 4.74 Å². The zero-order valence-corrected chi connectivity index (χ0v) is 22.3. The van der Waals surface area contributed by atoms with E-state index in [0.717, 1.165) is 50.4 Å². The average Bonchev–Trinajstić information content (AvgIpc) is 3.14. The number of rotatable bonds is 6. The van der Waals surface area contributed by atoms with Crippen LogP contribution in [0.1, 0.15) is 73.1 Å². The second-order valence-corrected chi connectivity index (χ2v) is 12.0. The molecule has 34 heavy (non-hydrogen) atoms. The van der Waals surface area contributed by atoms with E-state index in [-0.39, 0.29) is 16.9 Å². The van der Waals surface area contributed by atoms with Crippen molar-refractivity contribution in [3.05, 3.63) is 18.0 Å². The summed E-state index contributed by atoms with van der Waals surface area (Å²) in [6, 6.07) is 0. The van der Waals surface area contributed by atoms with Crippen LogP contribution >= 0.6 is 0 Å². The Morgan fingerprint density at radius 3 is 2.74 bits per heavy atom. The van der Waals surface area contributed by atoms with Crippen molar-refractivity contribution in [1.29, 1.82) is 0 Å². The monoisotopic (exact) mass is 472 g/mol. The maximum Gasteiger partial charge on any atom is 0.218 e. The number of ether oxygens (including phenoxy) is 1. The molecule has 0 spiro atoms. The number of hydrogen-bond donors (Lipinski definition) is 3. The third-order valence-electron chi connectivity index (χ3n) is 10.5. The number of nitrogen functional groups attached to an aromatic ring is 1. The van der Waals surface area contributed by atoms with Gasteiger partial charge in [-0.2, -0.15) is 0 Å². The molecule has 3 aliphatic rings. The quantitative estimate of drug-likeness (QED) is 0.551. The third-order valence-corrected chi connectivity index (χ3v) is 10.5. The summed E-state index contributed by atoms with van der Waals surface area (Å²) in [5.74, 6) is 2.74. The fraction of sp³-hybridized carbons (Fsp3) is 0.778. The standard InChI is InChI=1S/C27H45N5O2/c1-18(12-15-32-17-31(6)24-22(32)23(28)29-16-30-24)10-13-25(3)19(2)11-14-26(4)20(25)8-9-21(33)27(26,5)34-7/h12,16,19-21,33H,8-11,13-15,17H2,1-7H3,(H2,28,29,30)/p+1. The summed E-state index contributed by atoms with van der Waals surface area (Å²) < 4.78 is 6.07. The first kappa shape index (κ1) is 25.4. The maximum absolute atomic E-state index is 10.9. The Morgan fingerprint density at radius 1 is 1.29 bits per heavy atom. The van der Waals surface area contributed by atoms with E-state index in [1.165, 1.54) is 23.3 Å². The smallest absolute Gasteiger partial charge is 0.218 e. The zero-order valence-electron chi connectivity index (χ0n) is 22.3. The highest BCUT2D eigenvalue weighted by Crippen LogP contribution is 2.65. The van der Waals surface area contributed by atoms with Crippen LogP contribution in [0.5, 0.6) is 0 Å². The van der Waals surface area contributed by atoms with Gasteiger partial charge in [0.1, 0.15) is 12.9 Å². The van der Waals surface area contributed by atoms with E-state index >= 15 is 0 Å². The molecule has 7 unspecified atom stereocenters. The molecule has 1 aromatic rings. The molecule has 2 fully saturated rings. The SMILES string of the molecule is COC1(C)C(O)CCC2C(C)(CCC(C)=CC[NH+]3CN(C)c4ncnc(N)c43)C(C)CCC21C. The molecule has 7 atom stereocenters. The molecule has 0 radical (unpaired) electrons. The van der Waals surface area contributed by atoms with Crippen LogP contribution in [0.4, 0.5) is 17.3 Å². The van der Waals surface area contributed by atoms with Gasteiger partial charge in [0.2, 0.25) is 11.5 Å². The van der Waals surface area contributed by atoms with Crippen molar-refractivity contribution in [3.63, 3.8) is 0 Å². The molecule has 190 valence electrons. The Morgan fingerprint density at radius 2 is 2.03 bits per heavy atom. The van der Waals surface area contributed by atoms with Gasteiger partial charge < -0.3 is 20.5 Å². The van der Waals surface area contributed by atoms with Gasteiger partial charge in [0, 0.05) is 19.6 Å². The van der Waals surface area contributed by atoms with Crippen LogP contribution in [-0.4, -0.2) is 54.2 Å². The number of aromatic nitrogens is 2. The molecule has 7 nitrogen and oxygen atoms in total. The second-order valence-electron chi connectivity index (χ2n) is 12.0. The number of methoxy groups -OCH3 is 1. The molecule has 1 aromatic heterocycles. The molecule has 4 N–H and O–H groups in total. The van der Waals surface area contributed by atoms with Gasteiger partial charge in [-0.05, 0) is 75.7 Å². The molecule has 2 saturated carbocycles. The Labute approximate surface area is 205 Å². The Balaban J connectivity index is 1.48. The van der Waals surface area contributed by atoms with Crippen LogP contribution in [0.3, 0.4) is 0 Å². The number of hydrogen-bond acceptors (Lipinski definition) is 6. The topological polar surface area (TPSA) is 88.9 Å². The molecular weight excluding hydrogens is 426 g/mol. The van der Waals surface area contributed by atoms with Crippen LogP contribution in [0.15, 0.2) is 18.0 Å². The van der Waals surface area contributed by atoms with Crippen LogP contribution < -0.4 is 15.5 Å². The zero-order chi connectivity index (χ0) is 24.9. The minimum Gasteiger partial charge on any atom is -0.390 e. The summed E-state index contributed by atoms with van der Waals surface area (Å²) in [6.45, 7) is 13.5. The molecule has 4 rings (SSSR count). The average molecular weight is 473 g/mol. The first-order valence-corrected chi connectivity index (χ1v) is 13.0. The highest BCUT2D eigenvalue weighted by atomic mass is 16.5. The van der Waals surface area contributed by atoms with Gasteiger partial charge in [0.25, 0.3) is 0 Å². The molecule has 2 aliphatic carbocycles. The largest absolute Gasteiger partial charge is 0.390 e. The maximum atomic E-state index is 10.9. The van der Waals surface area contributed by atoms with Gasteiger partial charge in [-0.3, -0.25) is 4.90 Å². The number of nitrogens with two attached hydrogens (primary N) is 1. The van der Waals surface area contributed by atoms with Crippen molar-refractivity contribution in [2.45, 2.75) is 84.8 Å². The van der Waals surface area contributed by atoms with E-state index in [4.69, 9.17) is 10.5 Å². The van der Waals surface area contributed by atoms with E-state index in [0.29, 0.717) is 17.7 Å². The summed E-state index contributed by atoms with van der Waals surface area (Å²) in [5, 5.41) is 10.9. The lowest BCUT2D eigenvalue weighted by Gasteiger charge is -2.65. The van der Waals surface area contributed by atoms with Crippen molar-refractivity contribution in [2.75, 3.05) is 38.0 Å². The number of allylic oxidation sites excluding steroid dienone is 1. The number of fused-ring (bicyclic) bond motifs is 2. The lowest BCUT2D eigenvalue weighted by Crippen LogP contribution is -3.06. The lowest BCUT2D eigenvalue weighted by atomic mass is 9.43. The van der Waals surface area contributed by atoms with Crippen molar-refractivity contribution in [2.24, 2.45) is 22.7 Å². The summed E-state index contributed by atoms with van der Waals surface area (Å²) in [6.07, 6.45) is 10.0. The normalized spacial score (nSPS) is 40.2. The van der Waals surface area contributed by atoms with Crippen LogP contribution in [0.25, 0.3) is 0 Å². The van der Waals surface area contributed by atoms with Gasteiger partial charge in [0.05, 0.1) is 11.7 Å². The number of nitrogens with zero attached hydrogens (tertiary/aromatic N) is 3. The lowest BCUT2D eigenvalue weighted by molar-refractivity contribution is -0.818. The summed E-state index contributed by atoms with van der Waals surface area (Å²) in [4.78, 5) is 12.1. The third kappa shape index (κ3) is 3.84. The number of aliphatic hydroxyl groups is 1. The van der Waals surface area contributed by atoms with Crippen LogP contribution in [0, 0.1) is 22.7 Å². The van der Waals surface area contributed by atoms with E-state index in [9.17, 15) is 5.11 Å². The number of quaternary nitrogens is 1. The Kier molecular flexibility index (Phi) is 6.77. The second kappa shape index (κ2) is 9.07. The van der Waals surface area contributed by atoms with Crippen LogP contribution in [0.2, 0.25) is 0 Å². The van der Waals surface area contributed by atoms with Gasteiger partial charge in [-0.25, -0.2) is 9.97 Å². The molecule has 2 heterocycles. The number of nitrogens with one attached hydrogen (secondary N) is 1. The van der Waals surface area contributed by atoms with Gasteiger partial charge in [-0.15, -0.1) is 0 Å². The first-order chi connectivity index (χ1) is 16.0. The summed E-state index contributed by atoms with van der Waals surface area (Å²) >= 11 is 0. The predicted molar refractivity (Wildman–Crippen MR) is 137 cm³/mol. The minimum absolute atomic E-state index is 0.0101. The first-order valence-electron chi connectivity index (χ1n) is 13.0. The fourth-order valence-electron chi connectivity index (χ4n) is 7.60. The molecule has 0 bridgehead atoms. The van der Waals surface area contributed by atoms with Crippen molar-refractivity contribution in [3.8, 4) is 0 Å². The highest BCUT2D eigenvalue weighted by molar-refractivity contribution is 5.69. The van der Waals surface area contributed by atoms with Gasteiger partial charge in [0.15, 0.2) is 12.5 Å². The van der Waals surface area contributed by atoms with Crippen molar-refractivity contribution >= 4 is 17.3 Å². The fourth-order valence-corrected chi connectivity index (χ4v) is 7.60. The van der Waals surface area contributed by atoms with Crippen molar-refractivity contribution in [1.82, 2.24) is 9.97 Å². The Hall–Kier alpha value is -1.70. The van der Waals surface area contributed by atoms with Gasteiger partial charge >= 0.3 is 0 Å². The predicted octanol–water partition coefficient (Wildman–Crippen LogP) is 3.33. The van der Waals surface area contributed by atoms with E-state index in [2.05, 4.69) is 62.6 Å². The number of anilines is 2. The number of aliphatic hydroxyl groups excluding tert-OH is 1. The Bertz CT molecular complexity index is 938. The minimum atomic E-state index is -0.483. The van der Waals surface area contributed by atoms with Gasteiger partial charge in [-0.1, -0.05) is 26.3 Å². The molecule has 7 heteroatoms. The molecule has 1 aliphatic heterocycles. The van der Waals surface area contributed by atoms with E-state index in [1.807, 2.05) is 0 Å². The van der Waals surface area contributed by atoms with E-state index < -0.39 is 5.60 Å². The van der Waals surface area contributed by atoms with Crippen molar-refractivity contribution < 1.29 is 14.7 Å². The summed E-state index contributed by atoms with van der Waals surface area (Å²) in [7, 11) is 3.85. The molecular formula is C27H46N5O2+. The molecule has 0 saturated heterocycles. The molecule has 0 amide bonds. The molecule has 0 aromatic carbocycles. The summed E-state index contributed by atoms with van der Waals surface area (Å²) in [5.41, 5.74) is 8.39.